The Morgan fingerprint density at radius 2 is 1.87 bits per heavy atom. The highest BCUT2D eigenvalue weighted by molar-refractivity contribution is 5.80. The van der Waals surface area contributed by atoms with Gasteiger partial charge in [-0.3, -0.25) is 4.79 Å². The van der Waals surface area contributed by atoms with E-state index in [0.29, 0.717) is 0 Å². The predicted octanol–water partition coefficient (Wildman–Crippen LogP) is -0.175. The van der Waals surface area contributed by atoms with Crippen LogP contribution in [0, 0.1) is 0 Å². The van der Waals surface area contributed by atoms with Crippen molar-refractivity contribution in [1.29, 1.82) is 0 Å². The summed E-state index contributed by atoms with van der Waals surface area (Å²) in [5.41, 5.74) is 0. The van der Waals surface area contributed by atoms with Crippen LogP contribution in [0.5, 0.6) is 0 Å². The van der Waals surface area contributed by atoms with Gasteiger partial charge in [0.15, 0.2) is 0 Å². The summed E-state index contributed by atoms with van der Waals surface area (Å²) in [6, 6.07) is -0.573. The van der Waals surface area contributed by atoms with Gasteiger partial charge in [0.2, 0.25) is 0 Å². The summed E-state index contributed by atoms with van der Waals surface area (Å²) in [6.45, 7) is 3.22. The number of likely N-dealkylation sites (N-methyl/N-ethyl adjacent to an activating group) is 1. The van der Waals surface area contributed by atoms with E-state index < -0.39 is 5.97 Å². The SMILES string of the molecule is CC(C)N(CC(=O)O)C(=O)N(C)CCO. The molecule has 0 radical (unpaired) electrons. The first-order valence-corrected chi connectivity index (χ1v) is 4.74. The number of aliphatic hydroxyl groups is 1. The highest BCUT2D eigenvalue weighted by Crippen LogP contribution is 2.02. The Kier molecular flexibility index (Phi) is 5.69. The van der Waals surface area contributed by atoms with E-state index in [1.54, 1.807) is 13.8 Å². The number of aliphatic hydroxyl groups excluding tert-OH is 1. The van der Waals surface area contributed by atoms with Crippen LogP contribution in [0.4, 0.5) is 4.79 Å². The summed E-state index contributed by atoms with van der Waals surface area (Å²) < 4.78 is 0. The van der Waals surface area contributed by atoms with Crippen LogP contribution >= 0.6 is 0 Å². The first kappa shape index (κ1) is 13.7. The third kappa shape index (κ3) is 4.64. The van der Waals surface area contributed by atoms with Crippen LogP contribution in [0.1, 0.15) is 13.8 Å². The van der Waals surface area contributed by atoms with Crippen LogP contribution in [0.25, 0.3) is 0 Å². The lowest BCUT2D eigenvalue weighted by molar-refractivity contribution is -0.138. The van der Waals surface area contributed by atoms with E-state index in [9.17, 15) is 9.59 Å². The third-order valence-electron chi connectivity index (χ3n) is 1.94. The van der Waals surface area contributed by atoms with E-state index in [4.69, 9.17) is 10.2 Å². The number of rotatable bonds is 5. The van der Waals surface area contributed by atoms with Gasteiger partial charge in [-0.05, 0) is 13.8 Å². The summed E-state index contributed by atoms with van der Waals surface area (Å²) >= 11 is 0. The zero-order valence-electron chi connectivity index (χ0n) is 9.30. The molecule has 88 valence electrons. The molecule has 2 N–H and O–H groups in total. The Balaban J connectivity index is 4.47. The van der Waals surface area contributed by atoms with Crippen LogP contribution in [0.15, 0.2) is 0 Å². The molecule has 0 aliphatic heterocycles. The lowest BCUT2D eigenvalue weighted by Crippen LogP contribution is -2.47. The largest absolute Gasteiger partial charge is 0.480 e. The molecule has 0 aromatic carbocycles. The molecule has 0 spiro atoms. The van der Waals surface area contributed by atoms with Crippen LogP contribution in [-0.4, -0.2) is 64.8 Å². The minimum atomic E-state index is -1.05. The molecule has 6 nitrogen and oxygen atoms in total. The molecule has 2 amide bonds. The molecule has 0 rings (SSSR count). The van der Waals surface area contributed by atoms with Gasteiger partial charge in [0.1, 0.15) is 6.54 Å². The van der Waals surface area contributed by atoms with E-state index in [0.717, 1.165) is 0 Å². The molecule has 0 aliphatic rings. The minimum absolute atomic E-state index is 0.138. The topological polar surface area (TPSA) is 81.1 Å². The normalized spacial score (nSPS) is 10.2. The van der Waals surface area contributed by atoms with Crippen LogP contribution < -0.4 is 0 Å². The second kappa shape index (κ2) is 6.23. The second-order valence-electron chi connectivity index (χ2n) is 3.54. The quantitative estimate of drug-likeness (QED) is 0.671. The number of carbonyl (C=O) groups excluding carboxylic acids is 1. The molecule has 0 saturated carbocycles. The number of carboxylic acids is 1. The van der Waals surface area contributed by atoms with Crippen molar-refractivity contribution in [3.05, 3.63) is 0 Å². The number of carbonyl (C=O) groups is 2. The van der Waals surface area contributed by atoms with Gasteiger partial charge in [-0.1, -0.05) is 0 Å². The average molecular weight is 218 g/mol. The first-order valence-electron chi connectivity index (χ1n) is 4.74. The lowest BCUT2D eigenvalue weighted by atomic mass is 10.3. The Labute approximate surface area is 89.1 Å². The number of amides is 2. The Bertz CT molecular complexity index is 230. The summed E-state index contributed by atoms with van der Waals surface area (Å²) in [7, 11) is 1.52. The maximum atomic E-state index is 11.7. The van der Waals surface area contributed by atoms with Gasteiger partial charge in [0.05, 0.1) is 6.61 Å². The van der Waals surface area contributed by atoms with Gasteiger partial charge < -0.3 is 20.0 Å². The number of nitrogens with zero attached hydrogens (tertiary/aromatic N) is 2. The fourth-order valence-corrected chi connectivity index (χ4v) is 1.08. The minimum Gasteiger partial charge on any atom is -0.480 e. The summed E-state index contributed by atoms with van der Waals surface area (Å²) in [6.07, 6.45) is 0. The third-order valence-corrected chi connectivity index (χ3v) is 1.94. The Morgan fingerprint density at radius 1 is 1.33 bits per heavy atom. The van der Waals surface area contributed by atoms with Crippen molar-refractivity contribution in [2.75, 3.05) is 26.7 Å². The maximum absolute atomic E-state index is 11.7. The summed E-state index contributed by atoms with van der Waals surface area (Å²) in [5, 5.41) is 17.3. The monoisotopic (exact) mass is 218 g/mol. The zero-order valence-corrected chi connectivity index (χ0v) is 9.30. The van der Waals surface area contributed by atoms with Crippen molar-refractivity contribution in [3.63, 3.8) is 0 Å². The van der Waals surface area contributed by atoms with Crippen LogP contribution in [0.3, 0.4) is 0 Å². The van der Waals surface area contributed by atoms with E-state index in [2.05, 4.69) is 0 Å². The van der Waals surface area contributed by atoms with Crippen molar-refractivity contribution >= 4 is 12.0 Å². The molecule has 0 aliphatic carbocycles. The van der Waals surface area contributed by atoms with Crippen molar-refractivity contribution in [2.45, 2.75) is 19.9 Å². The summed E-state index contributed by atoms with van der Waals surface area (Å²) in [5.74, 6) is -1.05. The number of hydrogen-bond acceptors (Lipinski definition) is 3. The van der Waals surface area contributed by atoms with Gasteiger partial charge in [0, 0.05) is 19.6 Å². The van der Waals surface area contributed by atoms with Crippen molar-refractivity contribution < 1.29 is 19.8 Å². The maximum Gasteiger partial charge on any atom is 0.323 e. The van der Waals surface area contributed by atoms with Gasteiger partial charge in [-0.25, -0.2) is 4.79 Å². The van der Waals surface area contributed by atoms with E-state index in [1.807, 2.05) is 0 Å². The fourth-order valence-electron chi connectivity index (χ4n) is 1.08. The van der Waals surface area contributed by atoms with Gasteiger partial charge >= 0.3 is 12.0 Å². The van der Waals surface area contributed by atoms with Crippen LogP contribution in [-0.2, 0) is 4.79 Å². The van der Waals surface area contributed by atoms with Crippen molar-refractivity contribution in [2.24, 2.45) is 0 Å². The molecule has 0 saturated heterocycles. The highest BCUT2D eigenvalue weighted by atomic mass is 16.4. The Hall–Kier alpha value is -1.30. The van der Waals surface area contributed by atoms with Crippen molar-refractivity contribution in [1.82, 2.24) is 9.80 Å². The molecular formula is C9H18N2O4. The first-order chi connectivity index (χ1) is 6.90. The molecule has 0 aromatic heterocycles. The molecule has 0 bridgehead atoms. The zero-order chi connectivity index (χ0) is 12.0. The number of carboxylic acid groups (broad SMARTS) is 1. The Morgan fingerprint density at radius 3 is 2.20 bits per heavy atom. The summed E-state index contributed by atoms with van der Waals surface area (Å²) in [4.78, 5) is 24.8. The molecule has 0 aromatic rings. The van der Waals surface area contributed by atoms with E-state index >= 15 is 0 Å². The molecule has 15 heavy (non-hydrogen) atoms. The number of aliphatic carboxylic acids is 1. The average Bonchev–Trinajstić information content (AvgIpc) is 2.12. The van der Waals surface area contributed by atoms with Crippen molar-refractivity contribution in [3.8, 4) is 0 Å². The molecule has 0 atom stereocenters. The number of hydrogen-bond donors (Lipinski definition) is 2. The standard InChI is InChI=1S/C9H18N2O4/c1-7(2)11(6-8(13)14)9(15)10(3)4-5-12/h7,12H,4-6H2,1-3H3,(H,13,14). The van der Waals surface area contributed by atoms with Gasteiger partial charge in [0.25, 0.3) is 0 Å². The van der Waals surface area contributed by atoms with E-state index in [1.165, 1.54) is 16.8 Å². The molecule has 0 heterocycles. The molecular weight excluding hydrogens is 200 g/mol. The number of urea groups is 1. The highest BCUT2D eigenvalue weighted by Gasteiger charge is 2.22. The smallest absolute Gasteiger partial charge is 0.323 e. The molecule has 6 heteroatoms. The predicted molar refractivity (Wildman–Crippen MR) is 54.6 cm³/mol. The van der Waals surface area contributed by atoms with Gasteiger partial charge in [-0.15, -0.1) is 0 Å². The van der Waals surface area contributed by atoms with Crippen LogP contribution in [0.2, 0.25) is 0 Å². The fraction of sp³-hybridized carbons (Fsp3) is 0.778. The molecule has 0 unspecified atom stereocenters. The lowest BCUT2D eigenvalue weighted by Gasteiger charge is -2.29. The second-order valence-corrected chi connectivity index (χ2v) is 3.54. The van der Waals surface area contributed by atoms with Gasteiger partial charge in [-0.2, -0.15) is 0 Å². The van der Waals surface area contributed by atoms with E-state index in [-0.39, 0.29) is 31.8 Å². The molecule has 0 fully saturated rings.